The molecule has 0 radical (unpaired) electrons. The van der Waals surface area contributed by atoms with Gasteiger partial charge >= 0.3 is 6.03 Å². The van der Waals surface area contributed by atoms with Crippen LogP contribution in [0.2, 0.25) is 0 Å². The summed E-state index contributed by atoms with van der Waals surface area (Å²) in [7, 11) is 0. The van der Waals surface area contributed by atoms with Gasteiger partial charge in [-0.3, -0.25) is 4.98 Å². The van der Waals surface area contributed by atoms with E-state index in [1.54, 1.807) is 0 Å². The van der Waals surface area contributed by atoms with Crippen LogP contribution < -0.4 is 15.0 Å². The van der Waals surface area contributed by atoms with Crippen molar-refractivity contribution in [1.29, 1.82) is 0 Å². The summed E-state index contributed by atoms with van der Waals surface area (Å²) in [5.74, 6) is 1.66. The highest BCUT2D eigenvalue weighted by atomic mass is 16.5. The zero-order chi connectivity index (χ0) is 26.2. The van der Waals surface area contributed by atoms with E-state index in [9.17, 15) is 4.79 Å². The Bertz CT molecular complexity index is 1430. The quantitative estimate of drug-likeness (QED) is 0.415. The van der Waals surface area contributed by atoms with E-state index >= 15 is 0 Å². The summed E-state index contributed by atoms with van der Waals surface area (Å²) in [5.41, 5.74) is 7.93. The number of carbonyl (C=O) groups excluding carboxylic acids is 1. The minimum absolute atomic E-state index is 0.0783. The molecule has 1 aliphatic carbocycles. The van der Waals surface area contributed by atoms with Crippen molar-refractivity contribution in [3.8, 4) is 11.5 Å². The number of nitrogens with one attached hydrogen (secondary N) is 1. The zero-order valence-corrected chi connectivity index (χ0v) is 22.6. The number of amides is 2. The van der Waals surface area contributed by atoms with Gasteiger partial charge in [0.1, 0.15) is 11.5 Å². The molecule has 38 heavy (non-hydrogen) atoms. The van der Waals surface area contributed by atoms with Crippen LogP contribution in [-0.2, 0) is 0 Å². The van der Waals surface area contributed by atoms with E-state index in [-0.39, 0.29) is 12.1 Å². The third kappa shape index (κ3) is 4.87. The molecule has 0 unspecified atom stereocenters. The number of rotatable bonds is 4. The summed E-state index contributed by atoms with van der Waals surface area (Å²) in [6, 6.07) is 15.1. The second-order valence-corrected chi connectivity index (χ2v) is 10.9. The largest absolute Gasteiger partial charge is 0.457 e. The van der Waals surface area contributed by atoms with E-state index in [0.29, 0.717) is 0 Å². The number of carbonyl (C=O) groups is 1. The number of aromatic nitrogens is 1. The predicted octanol–water partition coefficient (Wildman–Crippen LogP) is 6.94. The van der Waals surface area contributed by atoms with Crippen molar-refractivity contribution in [3.05, 3.63) is 82.7 Å². The van der Waals surface area contributed by atoms with E-state index in [1.807, 2.05) is 13.0 Å². The van der Waals surface area contributed by atoms with Gasteiger partial charge in [-0.2, -0.15) is 0 Å². The molecule has 196 valence electrons. The van der Waals surface area contributed by atoms with Gasteiger partial charge in [-0.15, -0.1) is 0 Å². The van der Waals surface area contributed by atoms with Gasteiger partial charge in [-0.25, -0.2) is 4.79 Å². The van der Waals surface area contributed by atoms with Crippen LogP contribution >= 0.6 is 0 Å². The van der Waals surface area contributed by atoms with Gasteiger partial charge in [0.25, 0.3) is 0 Å². The van der Waals surface area contributed by atoms with Crippen LogP contribution in [0.5, 0.6) is 11.5 Å². The number of piperidine rings is 1. The fourth-order valence-corrected chi connectivity index (χ4v) is 6.13. The van der Waals surface area contributed by atoms with Gasteiger partial charge in [-0.1, -0.05) is 18.2 Å². The Labute approximate surface area is 225 Å². The Balaban J connectivity index is 1.10. The number of aryl methyl sites for hydroxylation is 3. The highest BCUT2D eigenvalue weighted by molar-refractivity contribution is 5.88. The highest BCUT2D eigenvalue weighted by Crippen LogP contribution is 2.34. The molecule has 6 rings (SSSR count). The predicted molar refractivity (Wildman–Crippen MR) is 153 cm³/mol. The molecule has 3 heterocycles. The SMILES string of the molecule is Cc1cc(C)c2nc(C)cc(Oc3ccc(N4CCC(N5CCC6=C(CCC=C6)NC5=O)CC4)cc3)c2c1. The molecule has 0 bridgehead atoms. The minimum atomic E-state index is 0.0783. The Morgan fingerprint density at radius 3 is 2.55 bits per heavy atom. The summed E-state index contributed by atoms with van der Waals surface area (Å²) in [6.07, 6.45) is 9.27. The number of benzene rings is 2. The Morgan fingerprint density at radius 1 is 0.974 bits per heavy atom. The normalized spacial score (nSPS) is 18.4. The summed E-state index contributed by atoms with van der Waals surface area (Å²) in [6.45, 7) is 8.89. The Morgan fingerprint density at radius 2 is 1.76 bits per heavy atom. The van der Waals surface area contributed by atoms with E-state index in [2.05, 4.69) is 77.5 Å². The van der Waals surface area contributed by atoms with Gasteiger partial charge in [0.15, 0.2) is 0 Å². The van der Waals surface area contributed by atoms with E-state index in [4.69, 9.17) is 9.72 Å². The van der Waals surface area contributed by atoms with Crippen LogP contribution in [0.3, 0.4) is 0 Å². The standard InChI is InChI=1S/C32H36N4O2/c1-21-18-22(2)31-28(19-21)30(20-23(3)33-31)38-27-10-8-25(9-11-27)35-15-13-26(14-16-35)36-17-12-24-6-4-5-7-29(24)34-32(36)37/h4,6,8-11,18-20,26H,5,7,12-17H2,1-3H3,(H,34,37). The average Bonchev–Trinajstić information content (AvgIpc) is 3.08. The second-order valence-electron chi connectivity index (χ2n) is 10.9. The Hall–Kier alpha value is -3.80. The third-order valence-corrected chi connectivity index (χ3v) is 8.08. The van der Waals surface area contributed by atoms with Gasteiger partial charge in [0, 0.05) is 54.2 Å². The van der Waals surface area contributed by atoms with E-state index < -0.39 is 0 Å². The number of allylic oxidation sites excluding steroid dienone is 3. The van der Waals surface area contributed by atoms with Crippen molar-refractivity contribution in [1.82, 2.24) is 15.2 Å². The molecule has 1 N–H and O–H groups in total. The van der Waals surface area contributed by atoms with Crippen molar-refractivity contribution in [2.75, 3.05) is 24.5 Å². The first-order valence-corrected chi connectivity index (χ1v) is 13.8. The minimum Gasteiger partial charge on any atom is -0.457 e. The average molecular weight is 509 g/mol. The summed E-state index contributed by atoms with van der Waals surface area (Å²) >= 11 is 0. The van der Waals surface area contributed by atoms with Crippen LogP contribution in [0.4, 0.5) is 10.5 Å². The molecule has 2 aliphatic heterocycles. The smallest absolute Gasteiger partial charge is 0.321 e. The van der Waals surface area contributed by atoms with Crippen LogP contribution in [0, 0.1) is 20.8 Å². The molecule has 0 spiro atoms. The summed E-state index contributed by atoms with van der Waals surface area (Å²) < 4.78 is 6.37. The number of nitrogens with zero attached hydrogens (tertiary/aromatic N) is 3. The van der Waals surface area contributed by atoms with Gasteiger partial charge in [0.05, 0.1) is 5.52 Å². The first kappa shape index (κ1) is 24.5. The summed E-state index contributed by atoms with van der Waals surface area (Å²) in [5, 5.41) is 4.25. The lowest BCUT2D eigenvalue weighted by Crippen LogP contribution is -2.50. The number of anilines is 1. The molecular weight excluding hydrogens is 472 g/mol. The molecule has 1 fully saturated rings. The van der Waals surface area contributed by atoms with Crippen LogP contribution in [0.25, 0.3) is 10.9 Å². The lowest BCUT2D eigenvalue weighted by molar-refractivity contribution is 0.168. The first-order valence-electron chi connectivity index (χ1n) is 13.8. The molecule has 1 aromatic heterocycles. The van der Waals surface area contributed by atoms with Crippen LogP contribution in [0.1, 0.15) is 48.9 Å². The molecule has 0 saturated carbocycles. The van der Waals surface area contributed by atoms with Crippen molar-refractivity contribution in [3.63, 3.8) is 0 Å². The zero-order valence-electron chi connectivity index (χ0n) is 22.6. The maximum atomic E-state index is 13.0. The lowest BCUT2D eigenvalue weighted by Gasteiger charge is -2.39. The lowest BCUT2D eigenvalue weighted by atomic mass is 10.00. The molecule has 1 saturated heterocycles. The summed E-state index contributed by atoms with van der Waals surface area (Å²) in [4.78, 5) is 22.2. The number of urea groups is 1. The topological polar surface area (TPSA) is 57.7 Å². The van der Waals surface area contributed by atoms with Crippen molar-refractivity contribution < 1.29 is 9.53 Å². The maximum Gasteiger partial charge on any atom is 0.321 e. The molecule has 6 nitrogen and oxygen atoms in total. The molecule has 3 aromatic rings. The van der Waals surface area contributed by atoms with Gasteiger partial charge in [0.2, 0.25) is 0 Å². The molecule has 2 aromatic carbocycles. The van der Waals surface area contributed by atoms with Gasteiger partial charge < -0.3 is 19.9 Å². The highest BCUT2D eigenvalue weighted by Gasteiger charge is 2.30. The number of fused-ring (bicyclic) bond motifs is 1. The fraction of sp³-hybridized carbons (Fsp3) is 0.375. The van der Waals surface area contributed by atoms with Crippen molar-refractivity contribution in [2.24, 2.45) is 0 Å². The number of pyridine rings is 1. The van der Waals surface area contributed by atoms with Crippen LogP contribution in [0.15, 0.2) is 65.9 Å². The molecule has 2 amide bonds. The van der Waals surface area contributed by atoms with Crippen LogP contribution in [-0.4, -0.2) is 41.6 Å². The second kappa shape index (κ2) is 10.2. The monoisotopic (exact) mass is 508 g/mol. The molecular formula is C32H36N4O2. The van der Waals surface area contributed by atoms with Crippen molar-refractivity contribution >= 4 is 22.6 Å². The fourth-order valence-electron chi connectivity index (χ4n) is 6.13. The molecule has 0 atom stereocenters. The van der Waals surface area contributed by atoms with E-state index in [1.165, 1.54) is 16.8 Å². The molecule has 6 heteroatoms. The molecule has 3 aliphatic rings. The van der Waals surface area contributed by atoms with E-state index in [0.717, 1.165) is 91.1 Å². The van der Waals surface area contributed by atoms with Gasteiger partial charge in [-0.05, 0) is 99.9 Å². The number of hydrogen-bond donors (Lipinski definition) is 1. The maximum absolute atomic E-state index is 13.0. The number of ether oxygens (including phenoxy) is 1. The first-order chi connectivity index (χ1) is 18.4. The van der Waals surface area contributed by atoms with Crippen molar-refractivity contribution in [2.45, 2.75) is 58.9 Å². The Kier molecular flexibility index (Phi) is 6.56. The third-order valence-electron chi connectivity index (χ3n) is 8.08. The number of hydrogen-bond acceptors (Lipinski definition) is 4.